The van der Waals surface area contributed by atoms with Crippen LogP contribution in [-0.2, 0) is 47.5 Å². The van der Waals surface area contributed by atoms with Gasteiger partial charge in [0.2, 0.25) is 0 Å². The van der Waals surface area contributed by atoms with Crippen LogP contribution in [0.2, 0.25) is 0 Å². The number of hydrogen-bond acceptors (Lipinski definition) is 10. The van der Waals surface area contributed by atoms with Gasteiger partial charge in [-0.25, -0.2) is 0 Å². The second-order valence-corrected chi connectivity index (χ2v) is 16.0. The second kappa shape index (κ2) is 46.8. The van der Waals surface area contributed by atoms with Gasteiger partial charge < -0.3 is 37.9 Å². The smallest absolute Gasteiger partial charge is 0.308 e. The molecule has 3 atom stereocenters. The number of carbonyl (C=O) groups is 2. The number of carbonyl (C=O) groups excluding carboxylic acids is 2. The minimum absolute atomic E-state index is 0.00271. The van der Waals surface area contributed by atoms with Crippen molar-refractivity contribution in [1.29, 1.82) is 0 Å². The van der Waals surface area contributed by atoms with Crippen LogP contribution in [0.5, 0.6) is 0 Å². The van der Waals surface area contributed by atoms with Gasteiger partial charge in [0.05, 0.1) is 77.9 Å². The monoisotopic (exact) mass is 831 g/mol. The molecule has 58 heavy (non-hydrogen) atoms. The van der Waals surface area contributed by atoms with Crippen molar-refractivity contribution in [1.82, 2.24) is 0 Å². The topological polar surface area (TPSA) is 108 Å². The van der Waals surface area contributed by atoms with E-state index in [4.69, 9.17) is 37.9 Å². The maximum absolute atomic E-state index is 12.7. The van der Waals surface area contributed by atoms with Crippen LogP contribution < -0.4 is 0 Å². The van der Waals surface area contributed by atoms with Gasteiger partial charge in [0, 0.05) is 19.8 Å². The minimum Gasteiger partial charge on any atom is -0.465 e. The second-order valence-electron chi connectivity index (χ2n) is 16.0. The molecule has 0 rings (SSSR count). The van der Waals surface area contributed by atoms with Crippen LogP contribution in [0.3, 0.4) is 0 Å². The molecule has 0 fully saturated rings. The zero-order chi connectivity index (χ0) is 42.4. The van der Waals surface area contributed by atoms with Crippen molar-refractivity contribution in [2.45, 2.75) is 201 Å². The first kappa shape index (κ1) is 56.7. The molecule has 0 spiro atoms. The van der Waals surface area contributed by atoms with E-state index in [1.54, 1.807) is 0 Å². The summed E-state index contributed by atoms with van der Waals surface area (Å²) in [4.78, 5) is 25.5. The lowest BCUT2D eigenvalue weighted by molar-refractivity contribution is -0.150. The third-order valence-corrected chi connectivity index (χ3v) is 10.4. The number of rotatable bonds is 48. The van der Waals surface area contributed by atoms with Gasteiger partial charge in [-0.15, -0.1) is 0 Å². The summed E-state index contributed by atoms with van der Waals surface area (Å²) in [7, 11) is 0. The molecule has 0 radical (unpaired) electrons. The molecule has 0 aliphatic rings. The maximum Gasteiger partial charge on any atom is 0.308 e. The van der Waals surface area contributed by atoms with Crippen LogP contribution in [-0.4, -0.2) is 104 Å². The third-order valence-electron chi connectivity index (χ3n) is 10.4. The number of ether oxygens (including phenoxy) is 8. The van der Waals surface area contributed by atoms with Crippen LogP contribution >= 0.6 is 0 Å². The van der Waals surface area contributed by atoms with Gasteiger partial charge in [-0.05, 0) is 70.6 Å². The van der Waals surface area contributed by atoms with Crippen molar-refractivity contribution >= 4 is 11.9 Å². The normalized spacial score (nSPS) is 13.1. The first-order valence-electron chi connectivity index (χ1n) is 24.4. The van der Waals surface area contributed by atoms with Crippen LogP contribution in [0, 0.1) is 11.8 Å². The molecule has 3 unspecified atom stereocenters. The molecule has 0 aliphatic carbocycles. The highest BCUT2D eigenvalue weighted by Crippen LogP contribution is 2.21. The summed E-state index contributed by atoms with van der Waals surface area (Å²) in [6.45, 7) is 18.2. The van der Waals surface area contributed by atoms with Crippen LogP contribution in [0.4, 0.5) is 0 Å². The Balaban J connectivity index is 4.42. The van der Waals surface area contributed by atoms with Crippen LogP contribution in [0.1, 0.15) is 195 Å². The molecule has 0 aromatic carbocycles. The van der Waals surface area contributed by atoms with Crippen molar-refractivity contribution in [3.05, 3.63) is 0 Å². The summed E-state index contributed by atoms with van der Waals surface area (Å²) in [6, 6.07) is 0. The van der Waals surface area contributed by atoms with Crippen molar-refractivity contribution in [3.63, 3.8) is 0 Å². The fraction of sp³-hybridized carbons (Fsp3) is 0.958. The zero-order valence-corrected chi connectivity index (χ0v) is 38.7. The first-order valence-corrected chi connectivity index (χ1v) is 24.4. The molecule has 0 bridgehead atoms. The summed E-state index contributed by atoms with van der Waals surface area (Å²) in [5.41, 5.74) is 0. The van der Waals surface area contributed by atoms with E-state index in [1.165, 1.54) is 38.5 Å². The Kier molecular flexibility index (Phi) is 45.7. The highest BCUT2D eigenvalue weighted by molar-refractivity contribution is 5.72. The predicted molar refractivity (Wildman–Crippen MR) is 237 cm³/mol. The van der Waals surface area contributed by atoms with Crippen LogP contribution in [0.25, 0.3) is 0 Å². The molecule has 0 aromatic rings. The predicted octanol–water partition coefficient (Wildman–Crippen LogP) is 11.6. The van der Waals surface area contributed by atoms with Gasteiger partial charge in [0.25, 0.3) is 0 Å². The average molecular weight is 831 g/mol. The minimum atomic E-state index is -0.146. The SMILES string of the molecule is CCCCCCC(CCCC)C(=O)OCCCCCCOCC(COCCOCCOCCOCCC)OCCCCCCOC(=O)C(CCCC)CCCCCC. The Bertz CT molecular complexity index is 843. The van der Waals surface area contributed by atoms with Crippen LogP contribution in [0.15, 0.2) is 0 Å². The molecular formula is C48H94O10. The molecule has 0 amide bonds. The van der Waals surface area contributed by atoms with E-state index in [-0.39, 0.29) is 29.9 Å². The quantitative estimate of drug-likeness (QED) is 0.0434. The molecule has 346 valence electrons. The molecule has 0 aromatic heterocycles. The molecular weight excluding hydrogens is 737 g/mol. The van der Waals surface area contributed by atoms with Crippen molar-refractivity contribution in [3.8, 4) is 0 Å². The molecule has 10 heteroatoms. The Labute approximate surface area is 357 Å². The number of hydrogen-bond donors (Lipinski definition) is 0. The summed E-state index contributed by atoms with van der Waals surface area (Å²) in [6.07, 6.45) is 26.4. The zero-order valence-electron chi connectivity index (χ0n) is 38.7. The highest BCUT2D eigenvalue weighted by atomic mass is 16.6. The fourth-order valence-electron chi connectivity index (χ4n) is 6.72. The van der Waals surface area contributed by atoms with E-state index in [2.05, 4.69) is 34.6 Å². The molecule has 0 heterocycles. The van der Waals surface area contributed by atoms with Gasteiger partial charge in [-0.3, -0.25) is 9.59 Å². The van der Waals surface area contributed by atoms with Crippen molar-refractivity contribution in [2.24, 2.45) is 11.8 Å². The Morgan fingerprint density at radius 2 is 0.690 bits per heavy atom. The molecule has 0 aliphatic heterocycles. The molecule has 0 N–H and O–H groups in total. The highest BCUT2D eigenvalue weighted by Gasteiger charge is 2.20. The van der Waals surface area contributed by atoms with Gasteiger partial charge >= 0.3 is 11.9 Å². The van der Waals surface area contributed by atoms with Gasteiger partial charge in [-0.2, -0.15) is 0 Å². The Morgan fingerprint density at radius 1 is 0.328 bits per heavy atom. The standard InChI is InChI=1S/C48H94O10/c1-6-11-15-21-29-44(27-13-8-3)47(49)57-34-25-18-17-23-32-54-42-46(43-55-41-40-53-39-38-52-37-36-51-31-10-5)56-33-24-19-20-26-35-58-48(50)45(28-14-9-4)30-22-16-12-7-2/h44-46H,6-43H2,1-5H3. The van der Waals surface area contributed by atoms with E-state index >= 15 is 0 Å². The van der Waals surface area contributed by atoms with E-state index in [0.717, 1.165) is 129 Å². The molecule has 0 saturated carbocycles. The fourth-order valence-corrected chi connectivity index (χ4v) is 6.72. The average Bonchev–Trinajstić information content (AvgIpc) is 3.23. The number of unbranched alkanes of at least 4 members (excludes halogenated alkanes) is 14. The summed E-state index contributed by atoms with van der Waals surface area (Å²) in [5, 5.41) is 0. The van der Waals surface area contributed by atoms with Gasteiger partial charge in [0.15, 0.2) is 0 Å². The molecule has 0 saturated heterocycles. The van der Waals surface area contributed by atoms with E-state index in [1.807, 2.05) is 0 Å². The molecule has 10 nitrogen and oxygen atoms in total. The lowest BCUT2D eigenvalue weighted by atomic mass is 9.95. The number of esters is 2. The summed E-state index contributed by atoms with van der Waals surface area (Å²) in [5.74, 6) is 0.128. The van der Waals surface area contributed by atoms with Crippen molar-refractivity contribution < 1.29 is 47.5 Å². The van der Waals surface area contributed by atoms with E-state index in [9.17, 15) is 9.59 Å². The maximum atomic E-state index is 12.7. The summed E-state index contributed by atoms with van der Waals surface area (Å²) >= 11 is 0. The largest absolute Gasteiger partial charge is 0.465 e. The summed E-state index contributed by atoms with van der Waals surface area (Å²) < 4.78 is 46.2. The first-order chi connectivity index (χ1) is 28.5. The van der Waals surface area contributed by atoms with Gasteiger partial charge in [0.1, 0.15) is 6.10 Å². The van der Waals surface area contributed by atoms with E-state index in [0.29, 0.717) is 79.3 Å². The third kappa shape index (κ3) is 38.9. The Morgan fingerprint density at radius 3 is 1.14 bits per heavy atom. The lowest BCUT2D eigenvalue weighted by Crippen LogP contribution is -2.27. The van der Waals surface area contributed by atoms with Gasteiger partial charge in [-0.1, -0.05) is 125 Å². The lowest BCUT2D eigenvalue weighted by Gasteiger charge is -2.19. The van der Waals surface area contributed by atoms with E-state index < -0.39 is 0 Å². The van der Waals surface area contributed by atoms with Crippen molar-refractivity contribution in [2.75, 3.05) is 85.9 Å². The Hall–Kier alpha value is -1.30.